The molecule has 5 nitrogen and oxygen atoms in total. The molecule has 1 amide bonds. The Morgan fingerprint density at radius 1 is 1.40 bits per heavy atom. The van der Waals surface area contributed by atoms with Crippen LogP contribution in [0.1, 0.15) is 29.9 Å². The van der Waals surface area contributed by atoms with E-state index in [9.17, 15) is 4.79 Å². The van der Waals surface area contributed by atoms with Crippen molar-refractivity contribution in [1.82, 2.24) is 15.3 Å². The van der Waals surface area contributed by atoms with Crippen molar-refractivity contribution in [1.29, 1.82) is 0 Å². The number of hydrogen-bond donors (Lipinski definition) is 2. The van der Waals surface area contributed by atoms with Gasteiger partial charge < -0.3 is 15.0 Å². The first-order chi connectivity index (χ1) is 9.56. The number of aryl methyl sites for hydroxylation is 2. The molecule has 2 N–H and O–H groups in total. The Labute approximate surface area is 118 Å². The lowest BCUT2D eigenvalue weighted by molar-refractivity contribution is -0.123. The summed E-state index contributed by atoms with van der Waals surface area (Å²) in [5, 5.41) is 2.82. The first-order valence-electron chi connectivity index (χ1n) is 6.55. The second kappa shape index (κ2) is 6.23. The highest BCUT2D eigenvalue weighted by Crippen LogP contribution is 2.16. The molecule has 0 fully saturated rings. The van der Waals surface area contributed by atoms with Crippen LogP contribution in [0.5, 0.6) is 5.75 Å². The quantitative estimate of drug-likeness (QED) is 0.878. The van der Waals surface area contributed by atoms with Gasteiger partial charge in [-0.25, -0.2) is 4.98 Å². The Morgan fingerprint density at radius 2 is 2.20 bits per heavy atom. The van der Waals surface area contributed by atoms with Crippen molar-refractivity contribution >= 4 is 5.91 Å². The van der Waals surface area contributed by atoms with E-state index in [1.165, 1.54) is 5.56 Å². The third-order valence-corrected chi connectivity index (χ3v) is 3.16. The van der Waals surface area contributed by atoms with Crippen LogP contribution in [-0.4, -0.2) is 22.5 Å². The van der Waals surface area contributed by atoms with Gasteiger partial charge in [-0.15, -0.1) is 0 Å². The molecular weight excluding hydrogens is 254 g/mol. The average molecular weight is 273 g/mol. The van der Waals surface area contributed by atoms with Crippen molar-refractivity contribution in [3.63, 3.8) is 0 Å². The normalized spacial score (nSPS) is 11.9. The lowest BCUT2D eigenvalue weighted by Crippen LogP contribution is -2.31. The molecule has 20 heavy (non-hydrogen) atoms. The third kappa shape index (κ3) is 3.60. The zero-order valence-corrected chi connectivity index (χ0v) is 11.9. The number of rotatable bonds is 5. The van der Waals surface area contributed by atoms with Crippen molar-refractivity contribution in [3.8, 4) is 5.75 Å². The molecule has 0 saturated carbocycles. The highest BCUT2D eigenvalue weighted by molar-refractivity contribution is 5.77. The van der Waals surface area contributed by atoms with Gasteiger partial charge in [-0.2, -0.15) is 0 Å². The molecule has 5 heteroatoms. The fourth-order valence-corrected chi connectivity index (χ4v) is 1.82. The number of nitrogens with zero attached hydrogens (tertiary/aromatic N) is 1. The van der Waals surface area contributed by atoms with Gasteiger partial charge in [0.05, 0.1) is 6.04 Å². The molecule has 1 unspecified atom stereocenters. The van der Waals surface area contributed by atoms with Crippen molar-refractivity contribution in [3.05, 3.63) is 47.5 Å². The maximum absolute atomic E-state index is 11.8. The highest BCUT2D eigenvalue weighted by Gasteiger charge is 2.11. The maximum Gasteiger partial charge on any atom is 0.258 e. The second-order valence-corrected chi connectivity index (χ2v) is 4.80. The Balaban J connectivity index is 1.84. The number of aromatic nitrogens is 2. The predicted octanol–water partition coefficient (Wildman–Crippen LogP) is 2.28. The molecular formula is C15H19N3O2. The number of amides is 1. The van der Waals surface area contributed by atoms with Crippen molar-refractivity contribution < 1.29 is 9.53 Å². The molecule has 106 valence electrons. The smallest absolute Gasteiger partial charge is 0.258 e. The van der Waals surface area contributed by atoms with Gasteiger partial charge in [0.1, 0.15) is 11.6 Å². The summed E-state index contributed by atoms with van der Waals surface area (Å²) in [6.45, 7) is 5.92. The number of benzene rings is 1. The molecule has 0 aliphatic heterocycles. The Bertz CT molecular complexity index is 579. The molecule has 0 spiro atoms. The predicted molar refractivity (Wildman–Crippen MR) is 76.6 cm³/mol. The summed E-state index contributed by atoms with van der Waals surface area (Å²) >= 11 is 0. The standard InChI is InChI=1S/C15H19N3O2/c1-10-4-5-13(8-11(10)2)20-9-14(19)18-12(3)15-16-6-7-17-15/h4-8,12H,9H2,1-3H3,(H,16,17)(H,18,19). The fourth-order valence-electron chi connectivity index (χ4n) is 1.82. The van der Waals surface area contributed by atoms with Gasteiger partial charge >= 0.3 is 0 Å². The highest BCUT2D eigenvalue weighted by atomic mass is 16.5. The van der Waals surface area contributed by atoms with Crippen LogP contribution >= 0.6 is 0 Å². The lowest BCUT2D eigenvalue weighted by atomic mass is 10.1. The van der Waals surface area contributed by atoms with Crippen LogP contribution in [0.4, 0.5) is 0 Å². The number of nitrogens with one attached hydrogen (secondary N) is 2. The SMILES string of the molecule is Cc1ccc(OCC(=O)NC(C)c2ncc[nH]2)cc1C. The summed E-state index contributed by atoms with van der Waals surface area (Å²) in [6, 6.07) is 5.61. The minimum atomic E-state index is -0.174. The molecule has 1 aromatic heterocycles. The molecule has 0 aliphatic carbocycles. The monoisotopic (exact) mass is 273 g/mol. The number of aromatic amines is 1. The first-order valence-corrected chi connectivity index (χ1v) is 6.55. The summed E-state index contributed by atoms with van der Waals surface area (Å²) in [4.78, 5) is 18.9. The second-order valence-electron chi connectivity index (χ2n) is 4.80. The average Bonchev–Trinajstić information content (AvgIpc) is 2.94. The fraction of sp³-hybridized carbons (Fsp3) is 0.333. The van der Waals surface area contributed by atoms with Gasteiger partial charge in [-0.3, -0.25) is 4.79 Å². The van der Waals surface area contributed by atoms with Gasteiger partial charge in [-0.1, -0.05) is 6.07 Å². The summed E-state index contributed by atoms with van der Waals surface area (Å²) in [5.74, 6) is 1.26. The van der Waals surface area contributed by atoms with E-state index < -0.39 is 0 Å². The Hall–Kier alpha value is -2.30. The molecule has 1 heterocycles. The summed E-state index contributed by atoms with van der Waals surface area (Å²) in [5.41, 5.74) is 2.35. The van der Waals surface area contributed by atoms with Gasteiger partial charge in [-0.05, 0) is 44.0 Å². The molecule has 0 saturated heterocycles. The zero-order valence-electron chi connectivity index (χ0n) is 11.9. The van der Waals surface area contributed by atoms with Gasteiger partial charge in [0.25, 0.3) is 5.91 Å². The molecule has 2 rings (SSSR count). The molecule has 1 atom stereocenters. The van der Waals surface area contributed by atoms with E-state index in [-0.39, 0.29) is 18.6 Å². The van der Waals surface area contributed by atoms with E-state index in [0.717, 1.165) is 11.4 Å². The Kier molecular flexibility index (Phi) is 4.40. The molecule has 2 aromatic rings. The Morgan fingerprint density at radius 3 is 2.85 bits per heavy atom. The third-order valence-electron chi connectivity index (χ3n) is 3.16. The van der Waals surface area contributed by atoms with E-state index in [2.05, 4.69) is 15.3 Å². The summed E-state index contributed by atoms with van der Waals surface area (Å²) in [6.07, 6.45) is 3.38. The van der Waals surface area contributed by atoms with Crippen LogP contribution in [0, 0.1) is 13.8 Å². The van der Waals surface area contributed by atoms with Crippen LogP contribution in [-0.2, 0) is 4.79 Å². The van der Waals surface area contributed by atoms with Gasteiger partial charge in [0, 0.05) is 12.4 Å². The first kappa shape index (κ1) is 14.1. The van der Waals surface area contributed by atoms with E-state index in [1.54, 1.807) is 12.4 Å². The van der Waals surface area contributed by atoms with Crippen LogP contribution in [0.15, 0.2) is 30.6 Å². The topological polar surface area (TPSA) is 67.0 Å². The van der Waals surface area contributed by atoms with Crippen LogP contribution in [0.25, 0.3) is 0 Å². The number of carbonyl (C=O) groups excluding carboxylic acids is 1. The van der Waals surface area contributed by atoms with Crippen LogP contribution in [0.2, 0.25) is 0 Å². The largest absolute Gasteiger partial charge is 0.484 e. The zero-order chi connectivity index (χ0) is 14.5. The van der Waals surface area contributed by atoms with Crippen molar-refractivity contribution in [2.75, 3.05) is 6.61 Å². The lowest BCUT2D eigenvalue weighted by Gasteiger charge is -2.12. The number of H-pyrrole nitrogens is 1. The molecule has 0 radical (unpaired) electrons. The van der Waals surface area contributed by atoms with E-state index in [1.807, 2.05) is 39.0 Å². The number of hydrogen-bond acceptors (Lipinski definition) is 3. The molecule has 0 aliphatic rings. The van der Waals surface area contributed by atoms with E-state index in [4.69, 9.17) is 4.74 Å². The number of carbonyl (C=O) groups is 1. The minimum Gasteiger partial charge on any atom is -0.484 e. The maximum atomic E-state index is 11.8. The summed E-state index contributed by atoms with van der Waals surface area (Å²) in [7, 11) is 0. The van der Waals surface area contributed by atoms with Gasteiger partial charge in [0.15, 0.2) is 6.61 Å². The van der Waals surface area contributed by atoms with Crippen molar-refractivity contribution in [2.45, 2.75) is 26.8 Å². The van der Waals surface area contributed by atoms with Gasteiger partial charge in [0.2, 0.25) is 0 Å². The molecule has 1 aromatic carbocycles. The van der Waals surface area contributed by atoms with E-state index >= 15 is 0 Å². The molecule has 0 bridgehead atoms. The minimum absolute atomic E-state index is 0.00640. The van der Waals surface area contributed by atoms with E-state index in [0.29, 0.717) is 5.75 Å². The van der Waals surface area contributed by atoms with Crippen LogP contribution in [0.3, 0.4) is 0 Å². The summed E-state index contributed by atoms with van der Waals surface area (Å²) < 4.78 is 5.48. The van der Waals surface area contributed by atoms with Crippen molar-refractivity contribution in [2.24, 2.45) is 0 Å². The number of imidazole rings is 1. The number of ether oxygens (including phenoxy) is 1. The van der Waals surface area contributed by atoms with Crippen LogP contribution < -0.4 is 10.1 Å².